The van der Waals surface area contributed by atoms with Crippen molar-refractivity contribution in [2.45, 2.75) is 24.1 Å². The van der Waals surface area contributed by atoms with E-state index in [4.69, 9.17) is 10.5 Å². The second-order valence-corrected chi connectivity index (χ2v) is 4.38. The molecular weight excluding hydrogens is 219 g/mol. The van der Waals surface area contributed by atoms with Gasteiger partial charge in [0.2, 0.25) is 0 Å². The van der Waals surface area contributed by atoms with Gasteiger partial charge in [0.25, 0.3) is 0 Å². The van der Waals surface area contributed by atoms with E-state index in [9.17, 15) is 13.2 Å². The van der Waals surface area contributed by atoms with Crippen molar-refractivity contribution >= 4 is 0 Å². The molecule has 2 N–H and O–H groups in total. The fourth-order valence-electron chi connectivity index (χ4n) is 2.39. The Balaban J connectivity index is 2.09. The van der Waals surface area contributed by atoms with Crippen LogP contribution in [-0.4, -0.2) is 12.6 Å². The summed E-state index contributed by atoms with van der Waals surface area (Å²) in [5.74, 6) is 0.551. The summed E-state index contributed by atoms with van der Waals surface area (Å²) in [7, 11) is 0. The average Bonchev–Trinajstić information content (AvgIpc) is 2.85. The molecule has 1 heterocycles. The van der Waals surface area contributed by atoms with Crippen LogP contribution >= 0.6 is 0 Å². The van der Waals surface area contributed by atoms with Crippen LogP contribution in [0.4, 0.5) is 13.2 Å². The molecule has 1 aromatic rings. The fraction of sp³-hybridized carbons (Fsp3) is 0.455. The number of rotatable bonds is 1. The molecule has 2 unspecified atom stereocenters. The predicted octanol–water partition coefficient (Wildman–Crippen LogP) is 2.07. The summed E-state index contributed by atoms with van der Waals surface area (Å²) in [5.41, 5.74) is 5.26. The summed E-state index contributed by atoms with van der Waals surface area (Å²) in [4.78, 5) is 0. The van der Waals surface area contributed by atoms with Gasteiger partial charge in [-0.05, 0) is 24.6 Å². The maximum Gasteiger partial charge on any atom is 0.416 e. The third kappa shape index (κ3) is 1.12. The van der Waals surface area contributed by atoms with Crippen LogP contribution in [0.5, 0.6) is 5.75 Å². The molecule has 2 atom stereocenters. The lowest BCUT2D eigenvalue weighted by Gasteiger charge is -2.13. The van der Waals surface area contributed by atoms with Gasteiger partial charge < -0.3 is 10.5 Å². The summed E-state index contributed by atoms with van der Waals surface area (Å²) in [6.45, 7) is 0.339. The van der Waals surface area contributed by atoms with E-state index in [0.717, 1.165) is 12.5 Å². The van der Waals surface area contributed by atoms with Crippen LogP contribution in [0, 0.1) is 0 Å². The molecule has 16 heavy (non-hydrogen) atoms. The highest BCUT2D eigenvalue weighted by Crippen LogP contribution is 2.58. The van der Waals surface area contributed by atoms with E-state index in [1.54, 1.807) is 0 Å². The van der Waals surface area contributed by atoms with Crippen LogP contribution in [-0.2, 0) is 11.6 Å². The molecule has 5 heteroatoms. The van der Waals surface area contributed by atoms with Gasteiger partial charge >= 0.3 is 6.18 Å². The van der Waals surface area contributed by atoms with E-state index in [0.29, 0.717) is 17.9 Å². The normalized spacial score (nSPS) is 30.6. The number of halogens is 3. The van der Waals surface area contributed by atoms with Crippen molar-refractivity contribution in [2.24, 2.45) is 5.73 Å². The monoisotopic (exact) mass is 229 g/mol. The minimum absolute atomic E-state index is 0.0176. The molecular formula is C11H10F3NO. The van der Waals surface area contributed by atoms with Crippen molar-refractivity contribution in [1.29, 1.82) is 0 Å². The lowest BCUT2D eigenvalue weighted by molar-refractivity contribution is -0.137. The number of hydrogen-bond donors (Lipinski definition) is 1. The molecule has 1 aliphatic carbocycles. The molecule has 3 rings (SSSR count). The molecule has 0 bridgehead atoms. The van der Waals surface area contributed by atoms with Crippen molar-refractivity contribution in [3.63, 3.8) is 0 Å². The Labute approximate surface area is 90.2 Å². The largest absolute Gasteiger partial charge is 0.489 e. The van der Waals surface area contributed by atoms with Crippen molar-refractivity contribution in [1.82, 2.24) is 0 Å². The molecule has 1 saturated carbocycles. The Bertz CT molecular complexity index is 453. The van der Waals surface area contributed by atoms with Crippen LogP contribution in [0.25, 0.3) is 0 Å². The SMILES string of the molecule is NCC12CC1Oc1ccc(C(F)(F)F)cc12. The number of nitrogens with two attached hydrogens (primary N) is 1. The van der Waals surface area contributed by atoms with Crippen LogP contribution in [0.3, 0.4) is 0 Å². The maximum absolute atomic E-state index is 12.6. The van der Waals surface area contributed by atoms with E-state index < -0.39 is 11.7 Å². The van der Waals surface area contributed by atoms with Crippen LogP contribution in [0.1, 0.15) is 17.5 Å². The number of fused-ring (bicyclic) bond motifs is 3. The molecule has 1 aromatic carbocycles. The van der Waals surface area contributed by atoms with E-state index in [1.807, 2.05) is 0 Å². The number of ether oxygens (including phenoxy) is 1. The van der Waals surface area contributed by atoms with Gasteiger partial charge in [0.15, 0.2) is 0 Å². The first-order chi connectivity index (χ1) is 7.47. The first-order valence-electron chi connectivity index (χ1n) is 5.06. The van der Waals surface area contributed by atoms with Gasteiger partial charge in [-0.3, -0.25) is 0 Å². The standard InChI is InChI=1S/C11H10F3NO/c12-11(13,14)6-1-2-8-7(3-6)10(5-15)4-9(10)16-8/h1-3,9H,4-5,15H2. The zero-order valence-corrected chi connectivity index (χ0v) is 8.34. The summed E-state index contributed by atoms with van der Waals surface area (Å²) in [6.07, 6.45) is -3.59. The minimum atomic E-state index is -4.31. The van der Waals surface area contributed by atoms with Crippen LogP contribution in [0.2, 0.25) is 0 Å². The summed E-state index contributed by atoms with van der Waals surface area (Å²) < 4.78 is 43.2. The second kappa shape index (κ2) is 2.71. The summed E-state index contributed by atoms with van der Waals surface area (Å²) >= 11 is 0. The zero-order chi connectivity index (χ0) is 11.6. The molecule has 2 nitrogen and oxygen atoms in total. The van der Waals surface area contributed by atoms with Crippen molar-refractivity contribution in [3.8, 4) is 5.75 Å². The van der Waals surface area contributed by atoms with Gasteiger partial charge in [-0.25, -0.2) is 0 Å². The molecule has 0 radical (unpaired) electrons. The second-order valence-electron chi connectivity index (χ2n) is 4.38. The summed E-state index contributed by atoms with van der Waals surface area (Å²) in [5, 5.41) is 0. The average molecular weight is 229 g/mol. The quantitative estimate of drug-likeness (QED) is 0.800. The summed E-state index contributed by atoms with van der Waals surface area (Å²) in [6, 6.07) is 3.62. The highest BCUT2D eigenvalue weighted by atomic mass is 19.4. The number of alkyl halides is 3. The first-order valence-corrected chi connectivity index (χ1v) is 5.06. The third-order valence-electron chi connectivity index (χ3n) is 3.48. The Morgan fingerprint density at radius 3 is 2.81 bits per heavy atom. The van der Waals surface area contributed by atoms with Gasteiger partial charge in [0.1, 0.15) is 11.9 Å². The van der Waals surface area contributed by atoms with Crippen molar-refractivity contribution in [2.75, 3.05) is 6.54 Å². The zero-order valence-electron chi connectivity index (χ0n) is 8.34. The van der Waals surface area contributed by atoms with E-state index in [2.05, 4.69) is 0 Å². The number of hydrogen-bond acceptors (Lipinski definition) is 2. The Morgan fingerprint density at radius 1 is 1.44 bits per heavy atom. The highest BCUT2D eigenvalue weighted by molar-refractivity contribution is 5.53. The number of benzene rings is 1. The van der Waals surface area contributed by atoms with Crippen molar-refractivity contribution in [3.05, 3.63) is 29.3 Å². The van der Waals surface area contributed by atoms with Crippen LogP contribution in [0.15, 0.2) is 18.2 Å². The first kappa shape index (κ1) is 9.96. The predicted molar refractivity (Wildman–Crippen MR) is 51.2 cm³/mol. The van der Waals surface area contributed by atoms with Gasteiger partial charge in [-0.1, -0.05) is 0 Å². The molecule has 0 aromatic heterocycles. The Kier molecular flexibility index (Phi) is 1.69. The van der Waals surface area contributed by atoms with E-state index in [1.165, 1.54) is 12.1 Å². The maximum atomic E-state index is 12.6. The lowest BCUT2D eigenvalue weighted by atomic mass is 9.94. The molecule has 0 amide bonds. The Hall–Kier alpha value is -1.23. The van der Waals surface area contributed by atoms with Gasteiger partial charge in [0.05, 0.1) is 11.0 Å². The molecule has 2 aliphatic rings. The molecule has 0 saturated heterocycles. The molecule has 0 spiro atoms. The fourth-order valence-corrected chi connectivity index (χ4v) is 2.39. The third-order valence-corrected chi connectivity index (χ3v) is 3.48. The van der Waals surface area contributed by atoms with Crippen LogP contribution < -0.4 is 10.5 Å². The van der Waals surface area contributed by atoms with E-state index in [-0.39, 0.29) is 11.5 Å². The van der Waals surface area contributed by atoms with Gasteiger partial charge in [0, 0.05) is 12.1 Å². The minimum Gasteiger partial charge on any atom is -0.489 e. The van der Waals surface area contributed by atoms with Crippen molar-refractivity contribution < 1.29 is 17.9 Å². The topological polar surface area (TPSA) is 35.2 Å². The molecule has 86 valence electrons. The van der Waals surface area contributed by atoms with Gasteiger partial charge in [-0.2, -0.15) is 13.2 Å². The smallest absolute Gasteiger partial charge is 0.416 e. The van der Waals surface area contributed by atoms with E-state index >= 15 is 0 Å². The molecule has 1 aliphatic heterocycles. The molecule has 1 fully saturated rings. The Morgan fingerprint density at radius 2 is 2.19 bits per heavy atom. The van der Waals surface area contributed by atoms with Gasteiger partial charge in [-0.15, -0.1) is 0 Å². The highest BCUT2D eigenvalue weighted by Gasteiger charge is 2.62. The lowest BCUT2D eigenvalue weighted by Crippen LogP contribution is -2.21.